The fourth-order valence-electron chi connectivity index (χ4n) is 1.62. The van der Waals surface area contributed by atoms with Crippen molar-refractivity contribution < 1.29 is 9.66 Å². The maximum Gasteiger partial charge on any atom is 0.246 e. The Hall–Kier alpha value is -1.84. The molecular formula is C13H17NO3. The number of rotatable bonds is 5. The normalized spacial score (nSPS) is 11.4. The van der Waals surface area contributed by atoms with Crippen LogP contribution in [0.5, 0.6) is 5.75 Å². The zero-order chi connectivity index (χ0) is 12.8. The molecule has 1 rings (SSSR count). The van der Waals surface area contributed by atoms with Gasteiger partial charge in [0, 0.05) is 12.5 Å². The van der Waals surface area contributed by atoms with Crippen LogP contribution in [0.1, 0.15) is 31.4 Å². The Morgan fingerprint density at radius 2 is 2.18 bits per heavy atom. The first-order chi connectivity index (χ1) is 8.12. The third-order valence-electron chi connectivity index (χ3n) is 2.62. The van der Waals surface area contributed by atoms with Crippen molar-refractivity contribution in [2.24, 2.45) is 0 Å². The number of hydrogen-bond donors (Lipinski definition) is 0. The van der Waals surface area contributed by atoms with Crippen LogP contribution in [-0.4, -0.2) is 12.0 Å². The van der Waals surface area contributed by atoms with Gasteiger partial charge in [-0.05, 0) is 23.6 Å². The lowest BCUT2D eigenvalue weighted by molar-refractivity contribution is -0.425. The second kappa shape index (κ2) is 6.03. The maximum absolute atomic E-state index is 10.7. The summed E-state index contributed by atoms with van der Waals surface area (Å²) in [6.45, 7) is 3.81. The van der Waals surface area contributed by atoms with Crippen molar-refractivity contribution in [1.29, 1.82) is 0 Å². The van der Waals surface area contributed by atoms with E-state index in [1.54, 1.807) is 20.1 Å². The van der Waals surface area contributed by atoms with Crippen LogP contribution in [-0.2, 0) is 6.42 Å². The van der Waals surface area contributed by atoms with Crippen LogP contribution in [0.15, 0.2) is 23.9 Å². The van der Waals surface area contributed by atoms with Gasteiger partial charge in [0.25, 0.3) is 0 Å². The molecule has 17 heavy (non-hydrogen) atoms. The van der Waals surface area contributed by atoms with E-state index in [1.807, 2.05) is 25.1 Å². The summed E-state index contributed by atoms with van der Waals surface area (Å²) in [5.74, 6) is 0.778. The van der Waals surface area contributed by atoms with Gasteiger partial charge in [0.15, 0.2) is 0 Å². The Morgan fingerprint density at radius 1 is 1.47 bits per heavy atom. The zero-order valence-corrected chi connectivity index (χ0v) is 10.4. The summed E-state index contributed by atoms with van der Waals surface area (Å²) in [4.78, 5) is 10.4. The minimum Gasteiger partial charge on any atom is -0.496 e. The molecule has 0 aromatic heterocycles. The monoisotopic (exact) mass is 235 g/mol. The summed E-state index contributed by atoms with van der Waals surface area (Å²) in [5.41, 5.74) is 2.10. The van der Waals surface area contributed by atoms with Crippen LogP contribution in [0.2, 0.25) is 0 Å². The zero-order valence-electron chi connectivity index (χ0n) is 10.4. The highest BCUT2D eigenvalue weighted by Gasteiger charge is 2.08. The molecule has 0 N–H and O–H groups in total. The Morgan fingerprint density at radius 3 is 2.65 bits per heavy atom. The molecule has 0 radical (unpaired) electrons. The van der Waals surface area contributed by atoms with Gasteiger partial charge in [-0.1, -0.05) is 26.0 Å². The quantitative estimate of drug-likeness (QED) is 0.581. The maximum atomic E-state index is 10.7. The third-order valence-corrected chi connectivity index (χ3v) is 2.62. The Kier molecular flexibility index (Phi) is 4.69. The van der Waals surface area contributed by atoms with Gasteiger partial charge in [-0.3, -0.25) is 10.1 Å². The van der Waals surface area contributed by atoms with E-state index in [9.17, 15) is 10.1 Å². The second-order valence-electron chi connectivity index (χ2n) is 3.67. The second-order valence-corrected chi connectivity index (χ2v) is 3.67. The van der Waals surface area contributed by atoms with Crippen LogP contribution in [0, 0.1) is 10.1 Å². The van der Waals surface area contributed by atoms with Gasteiger partial charge in [-0.25, -0.2) is 0 Å². The van der Waals surface area contributed by atoms with E-state index in [-0.39, 0.29) is 10.6 Å². The van der Waals surface area contributed by atoms with Gasteiger partial charge in [-0.2, -0.15) is 0 Å². The van der Waals surface area contributed by atoms with Crippen LogP contribution >= 0.6 is 0 Å². The van der Waals surface area contributed by atoms with Crippen LogP contribution in [0.3, 0.4) is 0 Å². The number of aryl methyl sites for hydroxylation is 1. The predicted octanol–water partition coefficient (Wildman–Crippen LogP) is 3.29. The molecule has 0 unspecified atom stereocenters. The molecule has 0 fully saturated rings. The predicted molar refractivity (Wildman–Crippen MR) is 67.6 cm³/mol. The van der Waals surface area contributed by atoms with Gasteiger partial charge in [0.05, 0.1) is 12.0 Å². The summed E-state index contributed by atoms with van der Waals surface area (Å²) in [6, 6.07) is 5.65. The molecule has 0 saturated carbocycles. The van der Waals surface area contributed by atoms with Gasteiger partial charge < -0.3 is 4.74 Å². The Bertz CT molecular complexity index is 438. The Labute approximate surface area is 101 Å². The topological polar surface area (TPSA) is 52.4 Å². The van der Waals surface area contributed by atoms with Crippen molar-refractivity contribution in [3.05, 3.63) is 45.1 Å². The first kappa shape index (κ1) is 13.2. The smallest absolute Gasteiger partial charge is 0.246 e. The molecule has 4 heteroatoms. The molecule has 0 spiro atoms. The summed E-state index contributed by atoms with van der Waals surface area (Å²) in [5, 5.41) is 10.7. The number of hydrogen-bond acceptors (Lipinski definition) is 3. The van der Waals surface area contributed by atoms with Gasteiger partial charge >= 0.3 is 0 Å². The minimum atomic E-state index is -0.347. The summed E-state index contributed by atoms with van der Waals surface area (Å²) >= 11 is 0. The highest BCUT2D eigenvalue weighted by Crippen LogP contribution is 2.22. The van der Waals surface area contributed by atoms with E-state index in [0.29, 0.717) is 6.42 Å². The first-order valence-electron chi connectivity index (χ1n) is 5.64. The number of nitrogens with zero attached hydrogens (tertiary/aromatic N) is 1. The lowest BCUT2D eigenvalue weighted by Gasteiger charge is -2.07. The fourth-order valence-corrected chi connectivity index (χ4v) is 1.62. The molecule has 4 nitrogen and oxygen atoms in total. The summed E-state index contributed by atoms with van der Waals surface area (Å²) in [7, 11) is 1.61. The number of nitro groups is 1. The van der Waals surface area contributed by atoms with Gasteiger partial charge in [0.1, 0.15) is 5.75 Å². The number of ether oxygens (including phenoxy) is 1. The SMILES string of the molecule is CC/C(=C\c1ccc(CC)c(OC)c1)[N+](=O)[O-]. The van der Waals surface area contributed by atoms with Crippen molar-refractivity contribution in [1.82, 2.24) is 0 Å². The minimum absolute atomic E-state index is 0.205. The molecule has 1 aromatic rings. The molecule has 0 aliphatic carbocycles. The van der Waals surface area contributed by atoms with E-state index >= 15 is 0 Å². The molecular weight excluding hydrogens is 218 g/mol. The molecule has 92 valence electrons. The molecule has 0 bridgehead atoms. The lowest BCUT2D eigenvalue weighted by Crippen LogP contribution is -1.97. The van der Waals surface area contributed by atoms with E-state index in [0.717, 1.165) is 23.3 Å². The van der Waals surface area contributed by atoms with E-state index in [1.165, 1.54) is 0 Å². The van der Waals surface area contributed by atoms with Crippen molar-refractivity contribution in [2.45, 2.75) is 26.7 Å². The number of methoxy groups -OCH3 is 1. The van der Waals surface area contributed by atoms with Crippen molar-refractivity contribution in [2.75, 3.05) is 7.11 Å². The molecule has 0 aliphatic heterocycles. The average molecular weight is 235 g/mol. The number of benzene rings is 1. The highest BCUT2D eigenvalue weighted by atomic mass is 16.6. The molecule has 0 amide bonds. The molecule has 0 aliphatic rings. The molecule has 0 saturated heterocycles. The van der Waals surface area contributed by atoms with Gasteiger partial charge in [-0.15, -0.1) is 0 Å². The number of allylic oxidation sites excluding steroid dienone is 1. The van der Waals surface area contributed by atoms with E-state index < -0.39 is 0 Å². The molecule has 1 aromatic carbocycles. The van der Waals surface area contributed by atoms with E-state index in [4.69, 9.17) is 4.74 Å². The standard InChI is InChI=1S/C13H17NO3/c1-4-11-7-6-10(9-13(11)17-3)8-12(5-2)14(15)16/h6-9H,4-5H2,1-3H3/b12-8+. The lowest BCUT2D eigenvalue weighted by atomic mass is 10.1. The van der Waals surface area contributed by atoms with Crippen LogP contribution in [0.4, 0.5) is 0 Å². The van der Waals surface area contributed by atoms with Crippen molar-refractivity contribution >= 4 is 6.08 Å². The van der Waals surface area contributed by atoms with Crippen molar-refractivity contribution in [3.63, 3.8) is 0 Å². The first-order valence-corrected chi connectivity index (χ1v) is 5.64. The molecule has 0 heterocycles. The summed E-state index contributed by atoms with van der Waals surface area (Å²) < 4.78 is 5.25. The van der Waals surface area contributed by atoms with E-state index in [2.05, 4.69) is 0 Å². The molecule has 0 atom stereocenters. The largest absolute Gasteiger partial charge is 0.496 e. The highest BCUT2D eigenvalue weighted by molar-refractivity contribution is 5.55. The summed E-state index contributed by atoms with van der Waals surface area (Å²) in [6.07, 6.45) is 2.87. The van der Waals surface area contributed by atoms with Crippen molar-refractivity contribution in [3.8, 4) is 5.75 Å². The fraction of sp³-hybridized carbons (Fsp3) is 0.385. The van der Waals surface area contributed by atoms with Gasteiger partial charge in [0.2, 0.25) is 5.70 Å². The Balaban J connectivity index is 3.11. The van der Waals surface area contributed by atoms with Crippen LogP contribution in [0.25, 0.3) is 6.08 Å². The third kappa shape index (κ3) is 3.31. The van der Waals surface area contributed by atoms with Crippen LogP contribution < -0.4 is 4.74 Å². The average Bonchev–Trinajstić information content (AvgIpc) is 2.35.